The maximum absolute atomic E-state index is 12.0. The Kier molecular flexibility index (Phi) is 5.37. The third-order valence-corrected chi connectivity index (χ3v) is 3.03. The van der Waals surface area contributed by atoms with Crippen LogP contribution in [0.1, 0.15) is 0 Å². The number of nitrogens with zero attached hydrogens (tertiary/aromatic N) is 2. The van der Waals surface area contributed by atoms with Gasteiger partial charge in [-0.25, -0.2) is 4.98 Å². The minimum atomic E-state index is -0.536. The summed E-state index contributed by atoms with van der Waals surface area (Å²) in [4.78, 5) is 16.0. The monoisotopic (exact) mass is 332 g/mol. The molecule has 0 radical (unpaired) electrons. The molecule has 0 saturated carbocycles. The van der Waals surface area contributed by atoms with E-state index in [1.54, 1.807) is 36.4 Å². The quantitative estimate of drug-likeness (QED) is 0.658. The van der Waals surface area contributed by atoms with Gasteiger partial charge in [-0.3, -0.25) is 4.79 Å². The molecule has 110 valence electrons. The second kappa shape index (κ2) is 7.46. The second-order valence-electron chi connectivity index (χ2n) is 4.14. The molecule has 2 N–H and O–H groups in total. The fourth-order valence-corrected chi connectivity index (χ4v) is 1.73. The number of hydrogen-bond donors (Lipinski definition) is 2. The van der Waals surface area contributed by atoms with Gasteiger partial charge in [0.1, 0.15) is 17.5 Å². The first-order chi connectivity index (χ1) is 10.6. The first-order valence-electron chi connectivity index (χ1n) is 6.14. The molecular weight excluding hydrogens is 323 g/mol. The van der Waals surface area contributed by atoms with Gasteiger partial charge in [0.15, 0.2) is 0 Å². The molecule has 1 amide bonds. The largest absolute Gasteiger partial charge is 0.345 e. The number of rotatable bonds is 4. The highest BCUT2D eigenvalue weighted by atomic mass is 35.5. The Morgan fingerprint density at radius 2 is 1.82 bits per heavy atom. The molecule has 0 saturated heterocycles. The number of aromatic nitrogens is 1. The van der Waals surface area contributed by atoms with Crippen molar-refractivity contribution < 1.29 is 4.79 Å². The first-order valence-corrected chi connectivity index (χ1v) is 6.89. The van der Waals surface area contributed by atoms with Crippen molar-refractivity contribution >= 4 is 40.6 Å². The Morgan fingerprint density at radius 1 is 1.14 bits per heavy atom. The van der Waals surface area contributed by atoms with Gasteiger partial charge in [0.05, 0.1) is 5.02 Å². The van der Waals surface area contributed by atoms with Crippen LogP contribution in [0.25, 0.3) is 0 Å². The molecule has 0 aliphatic rings. The van der Waals surface area contributed by atoms with E-state index >= 15 is 0 Å². The fourth-order valence-electron chi connectivity index (χ4n) is 1.49. The van der Waals surface area contributed by atoms with Crippen LogP contribution in [0, 0.1) is 11.3 Å². The van der Waals surface area contributed by atoms with Crippen LogP contribution in [-0.2, 0) is 4.79 Å². The zero-order valence-electron chi connectivity index (χ0n) is 11.2. The lowest BCUT2D eigenvalue weighted by Crippen LogP contribution is -2.14. The summed E-state index contributed by atoms with van der Waals surface area (Å²) in [6.45, 7) is 0. The number of amides is 1. The van der Waals surface area contributed by atoms with Crippen LogP contribution in [-0.4, -0.2) is 10.9 Å². The summed E-state index contributed by atoms with van der Waals surface area (Å²) < 4.78 is 0. The number of anilines is 2. The number of hydrogen-bond acceptors (Lipinski definition) is 4. The van der Waals surface area contributed by atoms with Gasteiger partial charge >= 0.3 is 0 Å². The lowest BCUT2D eigenvalue weighted by Gasteiger charge is -2.05. The van der Waals surface area contributed by atoms with Crippen LogP contribution in [0.5, 0.6) is 0 Å². The molecule has 7 heteroatoms. The van der Waals surface area contributed by atoms with Gasteiger partial charge < -0.3 is 10.6 Å². The van der Waals surface area contributed by atoms with Crippen molar-refractivity contribution in [3.05, 3.63) is 64.4 Å². The number of nitrogens with one attached hydrogen (secondary N) is 2. The minimum absolute atomic E-state index is 0.0910. The van der Waals surface area contributed by atoms with E-state index in [0.717, 1.165) is 0 Å². The van der Waals surface area contributed by atoms with Crippen molar-refractivity contribution in [1.29, 1.82) is 5.26 Å². The Morgan fingerprint density at radius 3 is 2.41 bits per heavy atom. The number of carbonyl (C=O) groups is 1. The smallest absolute Gasteiger partial charge is 0.267 e. The van der Waals surface area contributed by atoms with E-state index in [9.17, 15) is 4.79 Å². The third kappa shape index (κ3) is 4.48. The lowest BCUT2D eigenvalue weighted by atomic mass is 10.2. The molecule has 1 heterocycles. The number of halogens is 2. The highest BCUT2D eigenvalue weighted by molar-refractivity contribution is 6.30. The van der Waals surface area contributed by atoms with E-state index in [-0.39, 0.29) is 5.57 Å². The van der Waals surface area contributed by atoms with E-state index in [4.69, 9.17) is 28.5 Å². The van der Waals surface area contributed by atoms with Crippen molar-refractivity contribution in [1.82, 2.24) is 4.98 Å². The van der Waals surface area contributed by atoms with Gasteiger partial charge in [-0.15, -0.1) is 0 Å². The molecule has 2 aromatic rings. The summed E-state index contributed by atoms with van der Waals surface area (Å²) in [6, 6.07) is 11.7. The van der Waals surface area contributed by atoms with Crippen LogP contribution in [0.15, 0.2) is 54.4 Å². The normalized spacial score (nSPS) is 10.7. The molecule has 0 unspecified atom stereocenters. The predicted octanol–water partition coefficient (Wildman–Crippen LogP) is 3.85. The second-order valence-corrected chi connectivity index (χ2v) is 5.01. The molecule has 1 aromatic heterocycles. The summed E-state index contributed by atoms with van der Waals surface area (Å²) in [5, 5.41) is 15.5. The maximum Gasteiger partial charge on any atom is 0.267 e. The van der Waals surface area contributed by atoms with Crippen LogP contribution < -0.4 is 10.6 Å². The summed E-state index contributed by atoms with van der Waals surface area (Å²) >= 11 is 11.5. The summed E-state index contributed by atoms with van der Waals surface area (Å²) in [5.74, 6) is -0.0669. The van der Waals surface area contributed by atoms with Gasteiger partial charge in [0, 0.05) is 23.1 Å². The third-order valence-electron chi connectivity index (χ3n) is 2.56. The zero-order chi connectivity index (χ0) is 15.9. The van der Waals surface area contributed by atoms with Crippen molar-refractivity contribution in [2.75, 3.05) is 10.6 Å². The van der Waals surface area contributed by atoms with Gasteiger partial charge in [0.2, 0.25) is 0 Å². The van der Waals surface area contributed by atoms with E-state index in [1.807, 2.05) is 6.07 Å². The molecule has 0 atom stereocenters. The molecule has 0 fully saturated rings. The van der Waals surface area contributed by atoms with E-state index < -0.39 is 5.91 Å². The molecule has 0 aliphatic heterocycles. The predicted molar refractivity (Wildman–Crippen MR) is 86.6 cm³/mol. The van der Waals surface area contributed by atoms with Gasteiger partial charge in [-0.2, -0.15) is 5.26 Å². The van der Waals surface area contributed by atoms with Crippen molar-refractivity contribution in [3.63, 3.8) is 0 Å². The van der Waals surface area contributed by atoms with Crippen molar-refractivity contribution in [2.45, 2.75) is 0 Å². The van der Waals surface area contributed by atoms with Crippen LogP contribution >= 0.6 is 23.2 Å². The average Bonchev–Trinajstić information content (AvgIpc) is 2.52. The number of benzene rings is 1. The molecule has 2 rings (SSSR count). The SMILES string of the molecule is N#C/C(=C/Nc1ccc(Cl)cn1)C(=O)Nc1ccc(Cl)cc1. The van der Waals surface area contributed by atoms with Crippen LogP contribution in [0.2, 0.25) is 10.0 Å². The van der Waals surface area contributed by atoms with Gasteiger partial charge in [-0.1, -0.05) is 23.2 Å². The number of carbonyl (C=O) groups excluding carboxylic acids is 1. The Labute approximate surface area is 137 Å². The Bertz CT molecular complexity index is 734. The molecule has 5 nitrogen and oxygen atoms in total. The van der Waals surface area contributed by atoms with E-state index in [2.05, 4.69) is 15.6 Å². The van der Waals surface area contributed by atoms with Crippen LogP contribution in [0.4, 0.5) is 11.5 Å². The molecule has 1 aromatic carbocycles. The van der Waals surface area contributed by atoms with Crippen molar-refractivity contribution in [2.24, 2.45) is 0 Å². The summed E-state index contributed by atoms with van der Waals surface area (Å²) in [5.41, 5.74) is 0.451. The highest BCUT2D eigenvalue weighted by Gasteiger charge is 2.09. The average molecular weight is 333 g/mol. The van der Waals surface area contributed by atoms with Crippen molar-refractivity contribution in [3.8, 4) is 6.07 Å². The first kappa shape index (κ1) is 15.8. The number of pyridine rings is 1. The Hall–Kier alpha value is -2.55. The summed E-state index contributed by atoms with van der Waals surface area (Å²) in [6.07, 6.45) is 2.74. The minimum Gasteiger partial charge on any atom is -0.345 e. The topological polar surface area (TPSA) is 77.8 Å². The fraction of sp³-hybridized carbons (Fsp3) is 0. The molecule has 22 heavy (non-hydrogen) atoms. The molecule has 0 spiro atoms. The lowest BCUT2D eigenvalue weighted by molar-refractivity contribution is -0.112. The highest BCUT2D eigenvalue weighted by Crippen LogP contribution is 2.14. The maximum atomic E-state index is 12.0. The molecule has 0 bridgehead atoms. The van der Waals surface area contributed by atoms with Gasteiger partial charge in [0.25, 0.3) is 5.91 Å². The summed E-state index contributed by atoms with van der Waals surface area (Å²) in [7, 11) is 0. The van der Waals surface area contributed by atoms with Crippen LogP contribution in [0.3, 0.4) is 0 Å². The van der Waals surface area contributed by atoms with Gasteiger partial charge in [-0.05, 0) is 36.4 Å². The standard InChI is InChI=1S/C15H10Cl2N4O/c16-11-1-4-13(5-2-11)21-15(22)10(7-18)8-19-14-6-3-12(17)9-20-14/h1-6,8-9H,(H,19,20)(H,21,22)/b10-8-. The molecular formula is C15H10Cl2N4O. The molecule has 0 aliphatic carbocycles. The zero-order valence-corrected chi connectivity index (χ0v) is 12.7. The van der Waals surface area contributed by atoms with E-state index in [0.29, 0.717) is 21.6 Å². The Balaban J connectivity index is 2.05. The van der Waals surface area contributed by atoms with E-state index in [1.165, 1.54) is 12.4 Å². The number of nitriles is 1.